The maximum absolute atomic E-state index is 13.8. The lowest BCUT2D eigenvalue weighted by molar-refractivity contribution is -0.133. The van der Waals surface area contributed by atoms with Gasteiger partial charge in [0.15, 0.2) is 0 Å². The number of nitrogens with one attached hydrogen (secondary N) is 6. The van der Waals surface area contributed by atoms with E-state index in [1.165, 1.54) is 69.3 Å². The average molecular weight is 1610 g/mol. The van der Waals surface area contributed by atoms with E-state index in [9.17, 15) is 37.5 Å². The number of hydrogen-bond donors (Lipinski definition) is 9. The van der Waals surface area contributed by atoms with Gasteiger partial charge in [-0.15, -0.1) is 0 Å². The predicted molar refractivity (Wildman–Crippen MR) is 473 cm³/mol. The number of rotatable bonds is 32. The highest BCUT2D eigenvalue weighted by molar-refractivity contribution is 5.99. The minimum absolute atomic E-state index is 0.00894. The topological polar surface area (TPSA) is 262 Å². The van der Waals surface area contributed by atoms with E-state index >= 15 is 0 Å². The van der Waals surface area contributed by atoms with Gasteiger partial charge in [-0.05, 0) is 188 Å². The number of carbonyl (C=O) groups is 6. The Kier molecular flexibility index (Phi) is 34.5. The van der Waals surface area contributed by atoms with Crippen molar-refractivity contribution < 1.29 is 37.5 Å². The zero-order valence-corrected chi connectivity index (χ0v) is 68.0. The molecule has 0 radical (unpaired) electrons. The SMILES string of the molecule is Cc1ccc(/C=C/C(=O)NC[C@@H]2CCN(CC(c3ccccc3)c3ccccc3)C(=O)[C@H](CCCN)N2)cc1.NCCC[C@@H]1N[C@H](CNC(=O)/C=C/c2ccc(F)cc2)CCN(CC(c2ccccc2)c2ccccc2)C1=O.NCCC[C@@H]1N[C@H](CNC(=O)c2ccc3cc(F)ccc3c2)CCN(CC(c2ccccc2)c2ccccc2)C1=O. The molecular weight excluding hydrogens is 1490 g/mol. The van der Waals surface area contributed by atoms with Crippen LogP contribution in [-0.4, -0.2) is 165 Å². The van der Waals surface area contributed by atoms with E-state index in [1.54, 1.807) is 48.6 Å². The molecule has 3 aliphatic heterocycles. The zero-order chi connectivity index (χ0) is 83.5. The standard InChI is InChI=1S/C34H37FN4O2.C33H40N4O2.C32H37FN4O2/c35-29-16-15-26-20-28(14-13-27(26)21-29)33(40)37-22-30-17-19-39(34(41)32(38-30)12-7-18-36)23-31(24-8-3-1-4-9-24)25-10-5-2-6-11-25;1-25-14-16-26(17-15-25)18-19-32(38)35-23-29-20-22-37(33(39)31(36-29)13-8-21-34)24-30(27-9-4-2-5-10-27)28-11-6-3-7-12-28;33-27-16-13-24(14-17-27)15-18-31(38)35-22-28-19-21-37(32(39)30(36-28)12-7-20-34)23-29(25-8-3-1-4-9-25)26-10-5-2-6-11-26/h1-6,8-11,13-16,20-21,30-32,38H,7,12,17-19,22-23,36H2,(H,37,40);2-7,9-12,14-19,29-31,36H,8,13,20-24,34H2,1H3,(H,35,38);1-6,8-11,13-18,28-30,36H,7,12,19-23,34H2,(H,35,38)/b;19-18+;18-15+/t30-,32-;29-,31-;28-,30-/m000/s1. The molecule has 0 aromatic heterocycles. The largest absolute Gasteiger partial charge is 0.351 e. The molecule has 3 heterocycles. The van der Waals surface area contributed by atoms with E-state index in [-0.39, 0.29) is 101 Å². The van der Waals surface area contributed by atoms with Crippen molar-refractivity contribution in [3.63, 3.8) is 0 Å². The molecular formula is C99H114F2N12O6. The molecule has 6 amide bonds. The molecule has 10 aromatic rings. The molecule has 0 bridgehead atoms. The third-order valence-electron chi connectivity index (χ3n) is 22.3. The van der Waals surface area contributed by atoms with Crippen molar-refractivity contribution in [3.8, 4) is 0 Å². The van der Waals surface area contributed by atoms with Crippen molar-refractivity contribution in [3.05, 3.63) is 346 Å². The number of nitrogens with zero attached hydrogens (tertiary/aromatic N) is 3. The molecule has 3 fully saturated rings. The Morgan fingerprint density at radius 3 is 1.03 bits per heavy atom. The Morgan fingerprint density at radius 2 is 0.697 bits per heavy atom. The van der Waals surface area contributed by atoms with Crippen molar-refractivity contribution in [2.75, 3.05) is 78.5 Å². The molecule has 12 N–H and O–H groups in total. The third-order valence-corrected chi connectivity index (χ3v) is 22.3. The van der Waals surface area contributed by atoms with Crippen LogP contribution in [0.5, 0.6) is 0 Å². The Morgan fingerprint density at radius 1 is 0.395 bits per heavy atom. The first-order valence-corrected chi connectivity index (χ1v) is 41.8. The number of hydrogen-bond acceptors (Lipinski definition) is 12. The highest BCUT2D eigenvalue weighted by Gasteiger charge is 2.36. The number of amides is 6. The van der Waals surface area contributed by atoms with E-state index in [2.05, 4.69) is 105 Å². The summed E-state index contributed by atoms with van der Waals surface area (Å²) in [6.45, 7) is 8.39. The van der Waals surface area contributed by atoms with Crippen LogP contribution >= 0.6 is 0 Å². The highest BCUT2D eigenvalue weighted by Crippen LogP contribution is 2.32. The van der Waals surface area contributed by atoms with Crippen molar-refractivity contribution >= 4 is 58.4 Å². The number of benzene rings is 10. The molecule has 13 rings (SSSR count). The molecule has 3 aliphatic rings. The Labute approximate surface area is 699 Å². The van der Waals surface area contributed by atoms with Crippen LogP contribution in [-0.2, 0) is 24.0 Å². The minimum atomic E-state index is -0.370. The van der Waals surface area contributed by atoms with E-state index < -0.39 is 0 Å². The van der Waals surface area contributed by atoms with Crippen molar-refractivity contribution in [2.24, 2.45) is 17.2 Å². The van der Waals surface area contributed by atoms with Gasteiger partial charge in [-0.1, -0.05) is 236 Å². The van der Waals surface area contributed by atoms with Gasteiger partial charge in [0.2, 0.25) is 29.5 Å². The maximum atomic E-state index is 13.8. The quantitative estimate of drug-likeness (QED) is 0.0178. The number of fused-ring (bicyclic) bond motifs is 1. The van der Waals surface area contributed by atoms with Crippen LogP contribution < -0.4 is 49.1 Å². The Balaban J connectivity index is 0.000000175. The van der Waals surface area contributed by atoms with Crippen molar-refractivity contribution in [1.82, 2.24) is 46.6 Å². The molecule has 6 atom stereocenters. The summed E-state index contributed by atoms with van der Waals surface area (Å²) < 4.78 is 26.6. The number of carbonyl (C=O) groups excluding carboxylic acids is 6. The molecule has 3 saturated heterocycles. The fraction of sp³-hybridized carbons (Fsp3) is 0.313. The summed E-state index contributed by atoms with van der Waals surface area (Å²) in [6, 6.07) is 84.5. The smallest absolute Gasteiger partial charge is 0.251 e. The van der Waals surface area contributed by atoms with Gasteiger partial charge in [0.05, 0.1) is 18.1 Å². The lowest BCUT2D eigenvalue weighted by Gasteiger charge is -2.29. The summed E-state index contributed by atoms with van der Waals surface area (Å²) in [4.78, 5) is 85.2. The molecule has 620 valence electrons. The molecule has 0 spiro atoms. The molecule has 119 heavy (non-hydrogen) atoms. The first kappa shape index (κ1) is 88.2. The van der Waals surface area contributed by atoms with Crippen LogP contribution in [0.3, 0.4) is 0 Å². The fourth-order valence-corrected chi connectivity index (χ4v) is 15.7. The lowest BCUT2D eigenvalue weighted by atomic mass is 9.90. The van der Waals surface area contributed by atoms with Gasteiger partial charge in [-0.25, -0.2) is 8.78 Å². The van der Waals surface area contributed by atoms with E-state index in [1.807, 2.05) is 161 Å². The van der Waals surface area contributed by atoms with Gasteiger partial charge in [-0.3, -0.25) is 28.8 Å². The maximum Gasteiger partial charge on any atom is 0.251 e. The Hall–Kier alpha value is -11.6. The minimum Gasteiger partial charge on any atom is -0.351 e. The summed E-state index contributed by atoms with van der Waals surface area (Å²) in [5.41, 5.74) is 27.9. The van der Waals surface area contributed by atoms with Gasteiger partial charge in [0.1, 0.15) is 11.6 Å². The second-order valence-electron chi connectivity index (χ2n) is 30.9. The average Bonchev–Trinajstić information content (AvgIpc) is 1.76. The molecule has 18 nitrogen and oxygen atoms in total. The predicted octanol–water partition coefficient (Wildman–Crippen LogP) is 13.2. The van der Waals surface area contributed by atoms with E-state index in [4.69, 9.17) is 17.2 Å². The molecule has 0 unspecified atom stereocenters. The summed E-state index contributed by atoms with van der Waals surface area (Å²) in [6.07, 6.45) is 12.8. The van der Waals surface area contributed by atoms with Crippen LogP contribution in [0.4, 0.5) is 8.78 Å². The molecule has 0 aliphatic carbocycles. The molecule has 10 aromatic carbocycles. The number of nitrogens with two attached hydrogens (primary N) is 3. The van der Waals surface area contributed by atoms with Gasteiger partial charge in [0, 0.05) is 112 Å². The van der Waals surface area contributed by atoms with Crippen molar-refractivity contribution in [1.29, 1.82) is 0 Å². The first-order valence-electron chi connectivity index (χ1n) is 41.8. The van der Waals surface area contributed by atoms with Gasteiger partial charge in [-0.2, -0.15) is 0 Å². The van der Waals surface area contributed by atoms with Crippen LogP contribution in [0.15, 0.2) is 279 Å². The number of aryl methyl sites for hydroxylation is 1. The summed E-state index contributed by atoms with van der Waals surface area (Å²) in [5, 5.41) is 21.1. The van der Waals surface area contributed by atoms with Crippen LogP contribution in [0.1, 0.15) is 136 Å². The monoisotopic (exact) mass is 1600 g/mol. The summed E-state index contributed by atoms with van der Waals surface area (Å²) in [7, 11) is 0. The van der Waals surface area contributed by atoms with Crippen LogP contribution in [0.25, 0.3) is 22.9 Å². The number of halogens is 2. The van der Waals surface area contributed by atoms with Gasteiger partial charge in [0.25, 0.3) is 5.91 Å². The van der Waals surface area contributed by atoms with Crippen LogP contribution in [0, 0.1) is 18.6 Å². The van der Waals surface area contributed by atoms with Gasteiger partial charge < -0.3 is 63.8 Å². The van der Waals surface area contributed by atoms with E-state index in [0.717, 1.165) is 47.6 Å². The molecule has 20 heteroatoms. The normalized spacial score (nSPS) is 17.8. The van der Waals surface area contributed by atoms with Crippen molar-refractivity contribution in [2.45, 2.75) is 119 Å². The van der Waals surface area contributed by atoms with Gasteiger partial charge >= 0.3 is 0 Å². The highest BCUT2D eigenvalue weighted by atomic mass is 19.1. The summed E-state index contributed by atoms with van der Waals surface area (Å²) >= 11 is 0. The summed E-state index contributed by atoms with van der Waals surface area (Å²) in [5.74, 6) is -0.759. The lowest BCUT2D eigenvalue weighted by Crippen LogP contribution is -2.49. The molecule has 0 saturated carbocycles. The second-order valence-corrected chi connectivity index (χ2v) is 30.9. The third kappa shape index (κ3) is 27.2. The Bertz CT molecular complexity index is 4550. The first-order chi connectivity index (χ1) is 58.1. The second kappa shape index (κ2) is 46.5. The zero-order valence-electron chi connectivity index (χ0n) is 68.0. The van der Waals surface area contributed by atoms with Crippen LogP contribution in [0.2, 0.25) is 0 Å². The van der Waals surface area contributed by atoms with E-state index in [0.29, 0.717) is 116 Å². The fourth-order valence-electron chi connectivity index (χ4n) is 15.7.